The van der Waals surface area contributed by atoms with Crippen molar-refractivity contribution < 1.29 is 9.59 Å². The van der Waals surface area contributed by atoms with Crippen molar-refractivity contribution in [3.05, 3.63) is 35.9 Å². The number of nitrogens with zero attached hydrogens (tertiary/aromatic N) is 2. The second-order valence-corrected chi connectivity index (χ2v) is 7.41. The Morgan fingerprint density at radius 2 is 1.96 bits per heavy atom. The normalized spacial score (nSPS) is 18.9. The van der Waals surface area contributed by atoms with Gasteiger partial charge < -0.3 is 15.5 Å². The molecule has 1 aromatic rings. The van der Waals surface area contributed by atoms with Crippen molar-refractivity contribution in [1.29, 1.82) is 0 Å². The zero-order chi connectivity index (χ0) is 18.4. The van der Waals surface area contributed by atoms with Crippen LogP contribution in [0.1, 0.15) is 43.5 Å². The lowest BCUT2D eigenvalue weighted by Gasteiger charge is -2.34. The number of carbonyl (C=O) groups is 2. The maximum atomic E-state index is 12.7. The molecule has 0 bridgehead atoms. The lowest BCUT2D eigenvalue weighted by Crippen LogP contribution is -2.46. The second-order valence-electron chi connectivity index (χ2n) is 7.41. The molecule has 5 nitrogen and oxygen atoms in total. The summed E-state index contributed by atoms with van der Waals surface area (Å²) in [5.41, 5.74) is 6.77. The summed E-state index contributed by atoms with van der Waals surface area (Å²) in [6.45, 7) is 6.09. The van der Waals surface area contributed by atoms with Gasteiger partial charge in [0, 0.05) is 38.3 Å². The predicted octanol–water partition coefficient (Wildman–Crippen LogP) is 2.37. The highest BCUT2D eigenvalue weighted by molar-refractivity contribution is 5.94. The van der Waals surface area contributed by atoms with Gasteiger partial charge in [0.25, 0.3) is 5.91 Å². The second kappa shape index (κ2) is 8.99. The van der Waals surface area contributed by atoms with E-state index in [1.807, 2.05) is 42.3 Å². The molecule has 0 aromatic heterocycles. The molecule has 5 heteroatoms. The van der Waals surface area contributed by atoms with Gasteiger partial charge in [0.15, 0.2) is 0 Å². The summed E-state index contributed by atoms with van der Waals surface area (Å²) in [5.74, 6) is 0.447. The van der Waals surface area contributed by atoms with Gasteiger partial charge in [-0.05, 0) is 37.3 Å². The zero-order valence-electron chi connectivity index (χ0n) is 15.6. The Balaban J connectivity index is 1.91. The van der Waals surface area contributed by atoms with E-state index >= 15 is 0 Å². The first kappa shape index (κ1) is 19.4. The monoisotopic (exact) mass is 345 g/mol. The Bertz CT molecular complexity index is 574. The Morgan fingerprint density at radius 1 is 1.28 bits per heavy atom. The Labute approximate surface area is 151 Å². The topological polar surface area (TPSA) is 66.6 Å². The molecular weight excluding hydrogens is 314 g/mol. The standard InChI is InChI=1S/C20H31N3O2/c1-15(2)18(21)11-13-22(3)19(24)17-10-7-12-23(14-17)20(25)16-8-5-4-6-9-16/h4-6,8-9,15,17-18H,7,10-14,21H2,1-3H3. The first-order chi connectivity index (χ1) is 11.9. The molecule has 2 amide bonds. The van der Waals surface area contributed by atoms with E-state index in [-0.39, 0.29) is 23.8 Å². The number of carbonyl (C=O) groups excluding carboxylic acids is 2. The van der Waals surface area contributed by atoms with Crippen LogP contribution in [0.4, 0.5) is 0 Å². The van der Waals surface area contributed by atoms with Gasteiger partial charge in [-0.1, -0.05) is 32.0 Å². The van der Waals surface area contributed by atoms with Crippen LogP contribution in [0.3, 0.4) is 0 Å². The lowest BCUT2D eigenvalue weighted by molar-refractivity contribution is -0.135. The van der Waals surface area contributed by atoms with Crippen LogP contribution in [0.15, 0.2) is 30.3 Å². The lowest BCUT2D eigenvalue weighted by atomic mass is 9.95. The van der Waals surface area contributed by atoms with Crippen molar-refractivity contribution in [2.75, 3.05) is 26.7 Å². The maximum absolute atomic E-state index is 12.7. The number of benzene rings is 1. The SMILES string of the molecule is CC(C)C(N)CCN(C)C(=O)C1CCCN(C(=O)c2ccccc2)C1. The maximum Gasteiger partial charge on any atom is 0.253 e. The van der Waals surface area contributed by atoms with Crippen LogP contribution in [-0.2, 0) is 4.79 Å². The molecule has 25 heavy (non-hydrogen) atoms. The average molecular weight is 345 g/mol. The molecule has 1 aliphatic rings. The number of hydrogen-bond donors (Lipinski definition) is 1. The smallest absolute Gasteiger partial charge is 0.253 e. The first-order valence-electron chi connectivity index (χ1n) is 9.25. The fourth-order valence-corrected chi connectivity index (χ4v) is 3.22. The Kier molecular flexibility index (Phi) is 7.00. The van der Waals surface area contributed by atoms with E-state index in [2.05, 4.69) is 13.8 Å². The highest BCUT2D eigenvalue weighted by Gasteiger charge is 2.30. The molecule has 0 aliphatic carbocycles. The fourth-order valence-electron chi connectivity index (χ4n) is 3.22. The molecule has 2 rings (SSSR count). The van der Waals surface area contributed by atoms with Crippen molar-refractivity contribution in [3.63, 3.8) is 0 Å². The van der Waals surface area contributed by atoms with Gasteiger partial charge in [-0.3, -0.25) is 9.59 Å². The first-order valence-corrected chi connectivity index (χ1v) is 9.25. The van der Waals surface area contributed by atoms with Gasteiger partial charge in [0.2, 0.25) is 5.91 Å². The number of likely N-dealkylation sites (tertiary alicyclic amines) is 1. The van der Waals surface area contributed by atoms with Gasteiger partial charge in [-0.25, -0.2) is 0 Å². The molecule has 0 saturated carbocycles. The summed E-state index contributed by atoms with van der Waals surface area (Å²) >= 11 is 0. The van der Waals surface area contributed by atoms with Gasteiger partial charge in [-0.15, -0.1) is 0 Å². The highest BCUT2D eigenvalue weighted by Crippen LogP contribution is 2.20. The van der Waals surface area contributed by atoms with Crippen molar-refractivity contribution in [3.8, 4) is 0 Å². The van der Waals surface area contributed by atoms with Crippen LogP contribution < -0.4 is 5.73 Å². The quantitative estimate of drug-likeness (QED) is 0.861. The number of rotatable bonds is 6. The minimum atomic E-state index is -0.110. The van der Waals surface area contributed by atoms with Crippen molar-refractivity contribution >= 4 is 11.8 Å². The third-order valence-electron chi connectivity index (χ3n) is 5.11. The van der Waals surface area contributed by atoms with Gasteiger partial charge in [-0.2, -0.15) is 0 Å². The molecule has 0 spiro atoms. The molecule has 2 unspecified atom stereocenters. The van der Waals surface area contributed by atoms with Crippen molar-refractivity contribution in [1.82, 2.24) is 9.80 Å². The van der Waals surface area contributed by atoms with Gasteiger partial charge in [0.05, 0.1) is 5.92 Å². The van der Waals surface area contributed by atoms with E-state index in [1.54, 1.807) is 4.90 Å². The average Bonchev–Trinajstić information content (AvgIpc) is 2.65. The molecular formula is C20H31N3O2. The molecule has 1 saturated heterocycles. The fraction of sp³-hybridized carbons (Fsp3) is 0.600. The minimum Gasteiger partial charge on any atom is -0.345 e. The summed E-state index contributed by atoms with van der Waals surface area (Å²) in [5, 5.41) is 0. The van der Waals surface area contributed by atoms with Gasteiger partial charge in [0.1, 0.15) is 0 Å². The number of piperidine rings is 1. The summed E-state index contributed by atoms with van der Waals surface area (Å²) in [7, 11) is 1.84. The van der Waals surface area contributed by atoms with E-state index in [0.717, 1.165) is 25.8 Å². The summed E-state index contributed by atoms with van der Waals surface area (Å²) in [6, 6.07) is 9.39. The molecule has 2 atom stereocenters. The zero-order valence-corrected chi connectivity index (χ0v) is 15.6. The van der Waals surface area contributed by atoms with E-state index in [4.69, 9.17) is 5.73 Å². The van der Waals surface area contributed by atoms with Crippen LogP contribution in [0, 0.1) is 11.8 Å². The third kappa shape index (κ3) is 5.30. The molecule has 1 aliphatic heterocycles. The van der Waals surface area contributed by atoms with Crippen LogP contribution in [0.5, 0.6) is 0 Å². The Hall–Kier alpha value is -1.88. The van der Waals surface area contributed by atoms with Crippen LogP contribution in [0.2, 0.25) is 0 Å². The van der Waals surface area contributed by atoms with E-state index in [1.165, 1.54) is 0 Å². The summed E-state index contributed by atoms with van der Waals surface area (Å²) in [6.07, 6.45) is 2.52. The van der Waals surface area contributed by atoms with Crippen LogP contribution >= 0.6 is 0 Å². The Morgan fingerprint density at radius 3 is 2.60 bits per heavy atom. The van der Waals surface area contributed by atoms with E-state index in [9.17, 15) is 9.59 Å². The summed E-state index contributed by atoms with van der Waals surface area (Å²) < 4.78 is 0. The molecule has 2 N–H and O–H groups in total. The van der Waals surface area contributed by atoms with Crippen molar-refractivity contribution in [2.24, 2.45) is 17.6 Å². The van der Waals surface area contributed by atoms with E-state index in [0.29, 0.717) is 24.6 Å². The molecule has 138 valence electrons. The summed E-state index contributed by atoms with van der Waals surface area (Å²) in [4.78, 5) is 28.9. The number of amides is 2. The number of hydrogen-bond acceptors (Lipinski definition) is 3. The predicted molar refractivity (Wildman–Crippen MR) is 100 cm³/mol. The highest BCUT2D eigenvalue weighted by atomic mass is 16.2. The van der Waals surface area contributed by atoms with Crippen LogP contribution in [0.25, 0.3) is 0 Å². The molecule has 1 aromatic carbocycles. The largest absolute Gasteiger partial charge is 0.345 e. The van der Waals surface area contributed by atoms with Gasteiger partial charge >= 0.3 is 0 Å². The van der Waals surface area contributed by atoms with E-state index < -0.39 is 0 Å². The number of nitrogens with two attached hydrogens (primary N) is 1. The minimum absolute atomic E-state index is 0.0163. The third-order valence-corrected chi connectivity index (χ3v) is 5.11. The molecule has 1 fully saturated rings. The molecule has 0 radical (unpaired) electrons. The molecule has 1 heterocycles. The van der Waals surface area contributed by atoms with Crippen LogP contribution in [-0.4, -0.2) is 54.3 Å². The van der Waals surface area contributed by atoms with Crippen molar-refractivity contribution in [2.45, 2.75) is 39.2 Å².